The summed E-state index contributed by atoms with van der Waals surface area (Å²) < 4.78 is 62.1. The molecule has 1 aliphatic heterocycles. The molecule has 0 aromatic carbocycles. The van der Waals surface area contributed by atoms with E-state index >= 15 is 0 Å². The lowest BCUT2D eigenvalue weighted by molar-refractivity contribution is -0.141. The molecule has 3 rings (SSSR count). The van der Waals surface area contributed by atoms with E-state index in [0.717, 1.165) is 54.7 Å². The van der Waals surface area contributed by atoms with Crippen LogP contribution in [-0.2, 0) is 55.5 Å². The highest BCUT2D eigenvalue weighted by molar-refractivity contribution is 8.13. The number of hydrogen-bond acceptors (Lipinski definition) is 19. The number of aliphatic carboxylic acids is 1. The number of carboxylic acid groups (broad SMARTS) is 1. The van der Waals surface area contributed by atoms with E-state index in [-0.39, 0.29) is 53.4 Å². The number of ether oxygens (including phenoxy) is 1. The third-order valence-electron chi connectivity index (χ3n) is 9.01. The van der Waals surface area contributed by atoms with Crippen LogP contribution in [0.5, 0.6) is 0 Å². The van der Waals surface area contributed by atoms with Crippen molar-refractivity contribution in [1.29, 1.82) is 0 Å². The molecule has 5 unspecified atom stereocenters. The monoisotopic (exact) mass is 981 g/mol. The molecule has 30 heteroatoms. The molecule has 0 radical (unpaired) electrons. The van der Waals surface area contributed by atoms with E-state index in [1.54, 1.807) is 6.92 Å². The molecule has 360 valence electrons. The molecule has 26 nitrogen and oxygen atoms in total. The van der Waals surface area contributed by atoms with Crippen molar-refractivity contribution in [3.63, 3.8) is 0 Å². The third kappa shape index (κ3) is 18.8. The Morgan fingerprint density at radius 3 is 2.17 bits per heavy atom. The van der Waals surface area contributed by atoms with Crippen LogP contribution in [0, 0.1) is 17.3 Å². The first-order valence-corrected chi connectivity index (χ1v) is 24.9. The van der Waals surface area contributed by atoms with E-state index < -0.39 is 90.5 Å². The number of nitrogens with one attached hydrogen (secondary N) is 2. The van der Waals surface area contributed by atoms with Crippen molar-refractivity contribution < 1.29 is 90.4 Å². The van der Waals surface area contributed by atoms with Crippen LogP contribution in [0.25, 0.3) is 11.2 Å². The number of aliphatic hydroxyl groups excluding tert-OH is 2. The van der Waals surface area contributed by atoms with Crippen LogP contribution >= 0.6 is 35.2 Å². The van der Waals surface area contributed by atoms with Gasteiger partial charge in [-0.25, -0.2) is 28.6 Å². The van der Waals surface area contributed by atoms with Gasteiger partial charge < -0.3 is 56.0 Å². The molecule has 0 saturated carbocycles. The molecule has 1 fully saturated rings. The van der Waals surface area contributed by atoms with Crippen molar-refractivity contribution >= 4 is 75.1 Å². The molecule has 9 atom stereocenters. The van der Waals surface area contributed by atoms with Gasteiger partial charge in [0.05, 0.1) is 25.5 Å². The fourth-order valence-electron chi connectivity index (χ4n) is 5.53. The van der Waals surface area contributed by atoms with Gasteiger partial charge in [0.1, 0.15) is 36.3 Å². The Kier molecular flexibility index (Phi) is 22.4. The van der Waals surface area contributed by atoms with E-state index in [1.165, 1.54) is 13.8 Å². The predicted octanol–water partition coefficient (Wildman–Crippen LogP) is 1.61. The lowest BCUT2D eigenvalue weighted by atomic mass is 9.87. The maximum atomic E-state index is 12.7. The van der Waals surface area contributed by atoms with Gasteiger partial charge in [-0.3, -0.25) is 37.3 Å². The second kappa shape index (κ2) is 25.1. The fraction of sp³-hybridized carbons (Fsp3) is 0.727. The van der Waals surface area contributed by atoms with Gasteiger partial charge in [-0.1, -0.05) is 66.1 Å². The lowest BCUT2D eigenvalue weighted by Crippen LogP contribution is -2.46. The van der Waals surface area contributed by atoms with Crippen LogP contribution in [0.2, 0.25) is 0 Å². The Balaban J connectivity index is 0.00000155. The fourth-order valence-corrected chi connectivity index (χ4v) is 9.17. The van der Waals surface area contributed by atoms with Crippen LogP contribution in [0.15, 0.2) is 12.7 Å². The third-order valence-corrected chi connectivity index (χ3v) is 13.2. The molecule has 2 aromatic rings. The van der Waals surface area contributed by atoms with E-state index in [1.807, 2.05) is 20.8 Å². The Hall–Kier alpha value is -2.97. The highest BCUT2D eigenvalue weighted by Crippen LogP contribution is 2.61. The highest BCUT2D eigenvalue weighted by Gasteiger charge is 2.50. The number of nitrogen functional groups attached to an aromatic ring is 1. The first kappa shape index (κ1) is 56.2. The number of phosphoric acid groups is 3. The number of thioether (sulfide) groups is 1. The van der Waals surface area contributed by atoms with Crippen LogP contribution in [0.1, 0.15) is 79.9 Å². The Bertz CT molecular complexity index is 1990. The molecular formula is C33H58N7O19P3S. The van der Waals surface area contributed by atoms with Crippen LogP contribution in [-0.4, -0.2) is 134 Å². The molecule has 1 aliphatic rings. The Labute approximate surface area is 366 Å². The number of anilines is 1. The van der Waals surface area contributed by atoms with Gasteiger partial charge in [0.25, 0.3) is 0 Å². The molecule has 1 saturated heterocycles. The molecule has 0 aliphatic carbocycles. The molecule has 0 bridgehead atoms. The number of nitrogens with two attached hydrogens (primary N) is 1. The number of carbonyl (C=O) groups excluding carboxylic acids is 3. The summed E-state index contributed by atoms with van der Waals surface area (Å²) in [4.78, 5) is 97.6. The van der Waals surface area contributed by atoms with Crippen LogP contribution in [0.4, 0.5) is 5.82 Å². The van der Waals surface area contributed by atoms with Crippen LogP contribution in [0.3, 0.4) is 0 Å². The van der Waals surface area contributed by atoms with Gasteiger partial charge in [0, 0.05) is 36.6 Å². The summed E-state index contributed by atoms with van der Waals surface area (Å²) in [7, 11) is -16.4. The average molecular weight is 982 g/mol. The number of carboxylic acids is 1. The topological polar surface area (TPSA) is 401 Å². The second-order valence-corrected chi connectivity index (χ2v) is 20.3. The molecule has 2 amide bonds. The minimum absolute atomic E-state index is 0.0316. The lowest BCUT2D eigenvalue weighted by Gasteiger charge is -2.30. The van der Waals surface area contributed by atoms with Gasteiger partial charge in [-0.2, -0.15) is 4.31 Å². The molecule has 0 spiro atoms. The van der Waals surface area contributed by atoms with Crippen molar-refractivity contribution in [2.75, 3.05) is 37.8 Å². The summed E-state index contributed by atoms with van der Waals surface area (Å²) in [6.45, 7) is 8.07. The number of imidazole rings is 1. The highest BCUT2D eigenvalue weighted by atomic mass is 32.2. The summed E-state index contributed by atoms with van der Waals surface area (Å²) in [5.41, 5.74) is 4.27. The van der Waals surface area contributed by atoms with Crippen molar-refractivity contribution in [2.24, 2.45) is 17.3 Å². The number of rotatable bonds is 25. The summed E-state index contributed by atoms with van der Waals surface area (Å²) in [5.74, 6) is -2.00. The number of amides is 2. The standard InChI is InChI=1S/C27H46N7O17P3S.C6H12O2/c1-5-6-15(2)26(39)55-10-9-29-17(35)7-8-30-24(38)21(37)27(3,4)12-48-54(45,46)51-53(43,44)47-11-16-20(50-52(40,41)42)19(36)25(49-16)34-14-33-18-22(28)31-13-32-23(18)34;1-3-4-5(2)6(7)8/h13-16,19-21,25,36-37H,5-12H2,1-4H3,(H,29,35)(H,30,38)(H,43,44)(H,45,46)(H2,28,31,32)(H2,40,41,42);5H,3-4H2,1-2H3,(H,7,8)/t15?,16-,19-,20-,21?,25-;/m1./s1. The SMILES string of the molecule is CCCC(C)C(=O)O.CCCC(C)C(=O)SCCNC(=O)CCNC(=O)C(O)C(C)(C)COP(=O)(O)OP(=O)(O)OC[C@H]1O[C@@H](n2cnc3c(N)ncnc32)[C@H](O)[C@@H]1OP(=O)(O)O. The smallest absolute Gasteiger partial charge is 0.481 e. The van der Waals surface area contributed by atoms with E-state index in [4.69, 9.17) is 24.6 Å². The first-order chi connectivity index (χ1) is 29.1. The largest absolute Gasteiger partial charge is 0.481 e. The molecule has 63 heavy (non-hydrogen) atoms. The molecule has 2 aromatic heterocycles. The summed E-state index contributed by atoms with van der Waals surface area (Å²) in [5, 5.41) is 34.7. The number of hydrogen-bond donors (Lipinski definition) is 10. The van der Waals surface area contributed by atoms with Crippen LogP contribution < -0.4 is 16.4 Å². The number of phosphoric ester groups is 3. The van der Waals surface area contributed by atoms with Gasteiger partial charge in [-0.05, 0) is 12.8 Å². The zero-order valence-electron chi connectivity index (χ0n) is 35.4. The summed E-state index contributed by atoms with van der Waals surface area (Å²) >= 11 is 1.12. The Morgan fingerprint density at radius 2 is 1.59 bits per heavy atom. The summed E-state index contributed by atoms with van der Waals surface area (Å²) in [6.07, 6.45) is -3.49. The molecular weight excluding hydrogens is 923 g/mol. The van der Waals surface area contributed by atoms with E-state index in [9.17, 15) is 62.7 Å². The van der Waals surface area contributed by atoms with E-state index in [2.05, 4.69) is 34.4 Å². The average Bonchev–Trinajstić information content (AvgIpc) is 3.74. The van der Waals surface area contributed by atoms with Crippen molar-refractivity contribution in [2.45, 2.75) is 104 Å². The number of nitrogens with zero attached hydrogens (tertiary/aromatic N) is 4. The van der Waals surface area contributed by atoms with Crippen molar-refractivity contribution in [3.05, 3.63) is 12.7 Å². The molecule has 11 N–H and O–H groups in total. The quantitative estimate of drug-likeness (QED) is 0.0499. The maximum absolute atomic E-state index is 12.7. The zero-order chi connectivity index (χ0) is 47.9. The van der Waals surface area contributed by atoms with Gasteiger partial charge >= 0.3 is 29.4 Å². The van der Waals surface area contributed by atoms with Crippen molar-refractivity contribution in [3.8, 4) is 0 Å². The normalized spacial score (nSPS) is 21.3. The summed E-state index contributed by atoms with van der Waals surface area (Å²) in [6, 6.07) is 0. The Morgan fingerprint density at radius 1 is 0.968 bits per heavy atom. The van der Waals surface area contributed by atoms with Gasteiger partial charge in [-0.15, -0.1) is 0 Å². The number of aliphatic hydroxyl groups is 2. The maximum Gasteiger partial charge on any atom is 0.481 e. The second-order valence-electron chi connectivity index (χ2n) is 15.0. The number of aromatic nitrogens is 4. The number of fused-ring (bicyclic) bond motifs is 1. The van der Waals surface area contributed by atoms with Gasteiger partial charge in [0.2, 0.25) is 11.8 Å². The zero-order valence-corrected chi connectivity index (χ0v) is 38.9. The number of carbonyl (C=O) groups is 4. The predicted molar refractivity (Wildman–Crippen MR) is 223 cm³/mol. The van der Waals surface area contributed by atoms with Crippen molar-refractivity contribution in [1.82, 2.24) is 30.2 Å². The minimum Gasteiger partial charge on any atom is -0.481 e. The minimum atomic E-state index is -5.56. The van der Waals surface area contributed by atoms with Gasteiger partial charge in [0.15, 0.2) is 22.8 Å². The molecule has 3 heterocycles. The first-order valence-electron chi connectivity index (χ1n) is 19.4. The van der Waals surface area contributed by atoms with E-state index in [0.29, 0.717) is 5.75 Å².